The summed E-state index contributed by atoms with van der Waals surface area (Å²) in [5.74, 6) is 2.43. The number of piperidine rings is 1. The number of carbonyl (C=O) groups excluding carboxylic acids is 1. The Hall–Kier alpha value is -2.83. The zero-order chi connectivity index (χ0) is 25.9. The fourth-order valence-corrected chi connectivity index (χ4v) is 4.92. The number of fused-ring (bicyclic) bond motifs is 3. The first kappa shape index (κ1) is 26.2. The first-order chi connectivity index (χ1) is 17.1. The molecule has 4 rings (SSSR count). The Bertz CT molecular complexity index is 1170. The highest BCUT2D eigenvalue weighted by atomic mass is 16.6. The molecule has 3 aromatic rings. The molecule has 1 N–H and O–H groups in total. The number of hydrogen-bond donors (Lipinski definition) is 1. The van der Waals surface area contributed by atoms with Crippen molar-refractivity contribution in [1.29, 1.82) is 0 Å². The highest BCUT2D eigenvalue weighted by Crippen LogP contribution is 2.32. The van der Waals surface area contributed by atoms with Crippen molar-refractivity contribution in [2.75, 3.05) is 19.7 Å². The monoisotopic (exact) mass is 494 g/mol. The minimum atomic E-state index is -0.452. The van der Waals surface area contributed by atoms with Crippen molar-refractivity contribution in [1.82, 2.24) is 19.9 Å². The highest BCUT2D eigenvalue weighted by Gasteiger charge is 2.26. The molecule has 1 aromatic carbocycles. The number of nitrogens with one attached hydrogen (secondary N) is 1. The molecule has 0 bridgehead atoms. The van der Waals surface area contributed by atoms with E-state index in [9.17, 15) is 4.79 Å². The Labute approximate surface area is 215 Å². The van der Waals surface area contributed by atoms with Gasteiger partial charge in [-0.25, -0.2) is 9.78 Å². The highest BCUT2D eigenvalue weighted by molar-refractivity contribution is 6.03. The Morgan fingerprint density at radius 1 is 1.17 bits per heavy atom. The molecular weight excluding hydrogens is 452 g/mol. The number of rotatable bonds is 8. The third-order valence-corrected chi connectivity index (χ3v) is 7.07. The number of nitrogens with zero attached hydrogens (tertiary/aromatic N) is 3. The molecule has 1 fully saturated rings. The number of pyridine rings is 1. The first-order valence-corrected chi connectivity index (χ1v) is 13.5. The number of imidazole rings is 1. The van der Waals surface area contributed by atoms with Gasteiger partial charge in [0.2, 0.25) is 0 Å². The number of aromatic nitrogens is 3. The maximum Gasteiger partial charge on any atom is 0.410 e. The van der Waals surface area contributed by atoms with Gasteiger partial charge in [0.25, 0.3) is 0 Å². The number of H-pyrrole nitrogens is 1. The molecule has 0 saturated carbocycles. The van der Waals surface area contributed by atoms with Crippen molar-refractivity contribution in [3.05, 3.63) is 30.2 Å². The van der Waals surface area contributed by atoms with Gasteiger partial charge in [-0.3, -0.25) is 4.98 Å². The van der Waals surface area contributed by atoms with E-state index in [2.05, 4.69) is 36.8 Å². The maximum atomic E-state index is 12.3. The molecule has 1 aliphatic rings. The van der Waals surface area contributed by atoms with Crippen LogP contribution in [0.25, 0.3) is 21.9 Å². The molecule has 1 saturated heterocycles. The third kappa shape index (κ3) is 6.48. The summed E-state index contributed by atoms with van der Waals surface area (Å²) in [5.41, 5.74) is 3.60. The van der Waals surface area contributed by atoms with Gasteiger partial charge in [0, 0.05) is 30.5 Å². The van der Waals surface area contributed by atoms with E-state index in [4.69, 9.17) is 14.5 Å². The summed E-state index contributed by atoms with van der Waals surface area (Å²) in [6, 6.07) is 6.14. The molecular formula is C29H42N4O3. The number of amides is 1. The normalized spacial score (nSPS) is 16.1. The van der Waals surface area contributed by atoms with Crippen molar-refractivity contribution in [3.8, 4) is 5.75 Å². The molecule has 196 valence electrons. The third-order valence-electron chi connectivity index (χ3n) is 7.07. The van der Waals surface area contributed by atoms with Crippen molar-refractivity contribution in [3.63, 3.8) is 0 Å². The van der Waals surface area contributed by atoms with Gasteiger partial charge in [-0.15, -0.1) is 0 Å². The lowest BCUT2D eigenvalue weighted by atomic mass is 9.94. The van der Waals surface area contributed by atoms with Crippen LogP contribution in [0.2, 0.25) is 0 Å². The lowest BCUT2D eigenvalue weighted by Gasteiger charge is -2.33. The lowest BCUT2D eigenvalue weighted by Crippen LogP contribution is -2.41. The van der Waals surface area contributed by atoms with E-state index in [-0.39, 0.29) is 6.09 Å². The number of ether oxygens (including phenoxy) is 2. The van der Waals surface area contributed by atoms with Crippen LogP contribution in [-0.4, -0.2) is 51.2 Å². The van der Waals surface area contributed by atoms with E-state index >= 15 is 0 Å². The first-order valence-electron chi connectivity index (χ1n) is 13.5. The predicted molar refractivity (Wildman–Crippen MR) is 145 cm³/mol. The Kier molecular flexibility index (Phi) is 8.06. The van der Waals surface area contributed by atoms with Crippen LogP contribution in [0.5, 0.6) is 5.75 Å². The van der Waals surface area contributed by atoms with Crippen LogP contribution in [0, 0.1) is 11.8 Å². The van der Waals surface area contributed by atoms with Gasteiger partial charge in [-0.1, -0.05) is 27.2 Å². The summed E-state index contributed by atoms with van der Waals surface area (Å²) in [5, 5.41) is 1.05. The van der Waals surface area contributed by atoms with Crippen LogP contribution in [0.15, 0.2) is 24.5 Å². The Balaban J connectivity index is 1.36. The second kappa shape index (κ2) is 11.1. The molecule has 3 heterocycles. The molecule has 7 nitrogen and oxygen atoms in total. The van der Waals surface area contributed by atoms with E-state index in [1.54, 1.807) is 6.33 Å². The van der Waals surface area contributed by atoms with Gasteiger partial charge in [0.05, 0.1) is 35.2 Å². The summed E-state index contributed by atoms with van der Waals surface area (Å²) in [6.45, 7) is 14.7. The molecule has 1 aliphatic heterocycles. The molecule has 36 heavy (non-hydrogen) atoms. The molecule has 0 radical (unpaired) electrons. The summed E-state index contributed by atoms with van der Waals surface area (Å²) in [7, 11) is 0. The van der Waals surface area contributed by atoms with Gasteiger partial charge in [-0.05, 0) is 70.4 Å². The summed E-state index contributed by atoms with van der Waals surface area (Å²) in [6.07, 6.45) is 6.79. The predicted octanol–water partition coefficient (Wildman–Crippen LogP) is 7.07. The molecule has 1 unspecified atom stereocenters. The van der Waals surface area contributed by atoms with Crippen molar-refractivity contribution < 1.29 is 14.3 Å². The minimum absolute atomic E-state index is 0.204. The van der Waals surface area contributed by atoms with Crippen LogP contribution in [-0.2, 0) is 4.74 Å². The lowest BCUT2D eigenvalue weighted by molar-refractivity contribution is 0.0177. The topological polar surface area (TPSA) is 80.3 Å². The molecule has 1 atom stereocenters. The van der Waals surface area contributed by atoms with E-state index in [1.165, 1.54) is 6.42 Å². The standard InChI is InChI=1S/C29H42N4O3/c1-19(2)7-8-20(3)25-27-26(30-18-31-27)23-10-9-22(17-24(23)32-25)35-16-13-21-11-14-33(15-12-21)28(34)36-29(4,5)6/h9-10,17-21H,7-8,11-16H2,1-6H3,(H,30,31). The van der Waals surface area contributed by atoms with E-state index < -0.39 is 5.60 Å². The fraction of sp³-hybridized carbons (Fsp3) is 0.621. The second-order valence-corrected chi connectivity index (χ2v) is 11.7. The Morgan fingerprint density at radius 2 is 1.92 bits per heavy atom. The number of aromatic amines is 1. The number of benzene rings is 1. The van der Waals surface area contributed by atoms with E-state index in [1.807, 2.05) is 37.8 Å². The largest absolute Gasteiger partial charge is 0.494 e. The number of carbonyl (C=O) groups is 1. The summed E-state index contributed by atoms with van der Waals surface area (Å²) in [4.78, 5) is 27.1. The van der Waals surface area contributed by atoms with Crippen molar-refractivity contribution >= 4 is 28.0 Å². The van der Waals surface area contributed by atoms with Gasteiger partial charge in [0.1, 0.15) is 11.4 Å². The molecule has 1 amide bonds. The average molecular weight is 495 g/mol. The smallest absolute Gasteiger partial charge is 0.410 e. The minimum Gasteiger partial charge on any atom is -0.494 e. The van der Waals surface area contributed by atoms with E-state index in [0.717, 1.165) is 72.2 Å². The van der Waals surface area contributed by atoms with Gasteiger partial charge in [-0.2, -0.15) is 0 Å². The van der Waals surface area contributed by atoms with Crippen LogP contribution < -0.4 is 4.74 Å². The zero-order valence-electron chi connectivity index (χ0n) is 22.8. The van der Waals surface area contributed by atoms with Gasteiger partial charge in [0.15, 0.2) is 0 Å². The molecule has 0 aliphatic carbocycles. The van der Waals surface area contributed by atoms with Crippen LogP contribution >= 0.6 is 0 Å². The fourth-order valence-electron chi connectivity index (χ4n) is 4.92. The number of likely N-dealkylation sites (tertiary alicyclic amines) is 1. The van der Waals surface area contributed by atoms with Crippen molar-refractivity contribution in [2.45, 2.75) is 85.2 Å². The average Bonchev–Trinajstić information content (AvgIpc) is 3.31. The van der Waals surface area contributed by atoms with Crippen LogP contribution in [0.3, 0.4) is 0 Å². The SMILES string of the molecule is CC(C)CCC(C)c1nc2cc(OCCC3CCN(C(=O)OC(C)(C)C)CC3)ccc2c2nc[nH]c12. The summed E-state index contributed by atoms with van der Waals surface area (Å²) >= 11 is 0. The van der Waals surface area contributed by atoms with Crippen LogP contribution in [0.1, 0.15) is 85.3 Å². The van der Waals surface area contributed by atoms with E-state index in [0.29, 0.717) is 24.4 Å². The van der Waals surface area contributed by atoms with Crippen LogP contribution in [0.4, 0.5) is 4.79 Å². The molecule has 0 spiro atoms. The zero-order valence-corrected chi connectivity index (χ0v) is 22.8. The van der Waals surface area contributed by atoms with Gasteiger partial charge >= 0.3 is 6.09 Å². The van der Waals surface area contributed by atoms with Gasteiger partial charge < -0.3 is 19.4 Å². The maximum absolute atomic E-state index is 12.3. The van der Waals surface area contributed by atoms with Crippen molar-refractivity contribution in [2.24, 2.45) is 11.8 Å². The quantitative estimate of drug-likeness (QED) is 0.362. The molecule has 7 heteroatoms. The Morgan fingerprint density at radius 3 is 2.61 bits per heavy atom. The molecule has 2 aromatic heterocycles. The second-order valence-electron chi connectivity index (χ2n) is 11.7. The summed E-state index contributed by atoms with van der Waals surface area (Å²) < 4.78 is 11.7. The number of hydrogen-bond acceptors (Lipinski definition) is 5.